The van der Waals surface area contributed by atoms with Crippen molar-refractivity contribution in [2.45, 2.75) is 9.79 Å². The van der Waals surface area contributed by atoms with E-state index < -0.39 is 36.6 Å². The highest BCUT2D eigenvalue weighted by Crippen LogP contribution is 2.22. The first-order valence-electron chi connectivity index (χ1n) is 8.35. The molecule has 11 heteroatoms. The van der Waals surface area contributed by atoms with Gasteiger partial charge >= 0.3 is 0 Å². The van der Waals surface area contributed by atoms with Crippen LogP contribution in [0.5, 0.6) is 5.75 Å². The van der Waals surface area contributed by atoms with Gasteiger partial charge in [0.25, 0.3) is 20.0 Å². The molecule has 0 amide bonds. The van der Waals surface area contributed by atoms with Crippen molar-refractivity contribution in [2.24, 2.45) is 0 Å². The van der Waals surface area contributed by atoms with Crippen LogP contribution in [-0.2, 0) is 20.0 Å². The highest BCUT2D eigenvalue weighted by molar-refractivity contribution is 7.93. The molecule has 0 saturated carbocycles. The molecule has 3 aromatic rings. The SMILES string of the molecule is COc1ccc(NS(=O)(=O)c2ccc(NS(=O)(=O)c3ccc(F)c(F)c3)cc2)cc1. The summed E-state index contributed by atoms with van der Waals surface area (Å²) >= 11 is 0. The zero-order valence-electron chi connectivity index (χ0n) is 15.5. The second-order valence-corrected chi connectivity index (χ2v) is 9.40. The molecule has 3 rings (SSSR count). The van der Waals surface area contributed by atoms with Crippen molar-refractivity contribution < 1.29 is 30.4 Å². The average molecular weight is 454 g/mol. The molecule has 0 saturated heterocycles. The van der Waals surface area contributed by atoms with E-state index in [0.717, 1.165) is 6.07 Å². The molecule has 0 heterocycles. The lowest BCUT2D eigenvalue weighted by Crippen LogP contribution is -2.15. The monoisotopic (exact) mass is 454 g/mol. The van der Waals surface area contributed by atoms with Gasteiger partial charge in [-0.15, -0.1) is 0 Å². The predicted molar refractivity (Wildman–Crippen MR) is 107 cm³/mol. The Hall–Kier alpha value is -3.18. The Kier molecular flexibility index (Phi) is 5.94. The number of rotatable bonds is 7. The molecule has 0 bridgehead atoms. The normalized spacial score (nSPS) is 11.7. The van der Waals surface area contributed by atoms with E-state index in [0.29, 0.717) is 23.6 Å². The number of benzene rings is 3. The fourth-order valence-electron chi connectivity index (χ4n) is 2.43. The molecule has 0 unspecified atom stereocenters. The van der Waals surface area contributed by atoms with Gasteiger partial charge in [-0.25, -0.2) is 25.6 Å². The highest BCUT2D eigenvalue weighted by Gasteiger charge is 2.18. The molecule has 0 spiro atoms. The summed E-state index contributed by atoms with van der Waals surface area (Å²) in [6.45, 7) is 0. The van der Waals surface area contributed by atoms with E-state index in [1.165, 1.54) is 43.5 Å². The first kappa shape index (κ1) is 21.5. The molecular formula is C19H16F2N2O5S2. The maximum Gasteiger partial charge on any atom is 0.261 e. The number of hydrogen-bond acceptors (Lipinski definition) is 5. The molecule has 0 aliphatic rings. The van der Waals surface area contributed by atoms with Gasteiger partial charge in [0.05, 0.1) is 16.9 Å². The molecule has 3 aromatic carbocycles. The van der Waals surface area contributed by atoms with Crippen molar-refractivity contribution in [1.82, 2.24) is 0 Å². The van der Waals surface area contributed by atoms with Gasteiger partial charge in [-0.2, -0.15) is 0 Å². The van der Waals surface area contributed by atoms with Crippen LogP contribution in [0.25, 0.3) is 0 Å². The van der Waals surface area contributed by atoms with Crippen molar-refractivity contribution in [3.63, 3.8) is 0 Å². The summed E-state index contributed by atoms with van der Waals surface area (Å²) in [6, 6.07) is 13.3. The number of methoxy groups -OCH3 is 1. The number of anilines is 2. The lowest BCUT2D eigenvalue weighted by molar-refractivity contribution is 0.415. The first-order chi connectivity index (χ1) is 14.1. The maximum absolute atomic E-state index is 13.3. The Bertz CT molecular complexity index is 1260. The van der Waals surface area contributed by atoms with Gasteiger partial charge in [0.2, 0.25) is 0 Å². The van der Waals surface area contributed by atoms with Crippen molar-refractivity contribution in [2.75, 3.05) is 16.6 Å². The Morgan fingerprint density at radius 1 is 0.667 bits per heavy atom. The fraction of sp³-hybridized carbons (Fsp3) is 0.0526. The molecule has 0 radical (unpaired) electrons. The smallest absolute Gasteiger partial charge is 0.261 e. The van der Waals surface area contributed by atoms with E-state index >= 15 is 0 Å². The zero-order valence-corrected chi connectivity index (χ0v) is 17.1. The van der Waals surface area contributed by atoms with Crippen LogP contribution >= 0.6 is 0 Å². The van der Waals surface area contributed by atoms with Gasteiger partial charge in [0.1, 0.15) is 5.75 Å². The zero-order chi connectivity index (χ0) is 21.9. The van der Waals surface area contributed by atoms with Crippen LogP contribution in [0.1, 0.15) is 0 Å². The topological polar surface area (TPSA) is 102 Å². The number of hydrogen-bond donors (Lipinski definition) is 2. The van der Waals surface area contributed by atoms with Crippen molar-refractivity contribution in [1.29, 1.82) is 0 Å². The van der Waals surface area contributed by atoms with Gasteiger partial charge in [-0.3, -0.25) is 9.44 Å². The van der Waals surface area contributed by atoms with Gasteiger partial charge < -0.3 is 4.74 Å². The third kappa shape index (κ3) is 4.86. The number of sulfonamides is 2. The van der Waals surface area contributed by atoms with Gasteiger partial charge in [0.15, 0.2) is 11.6 Å². The summed E-state index contributed by atoms with van der Waals surface area (Å²) in [7, 11) is -6.62. The second kappa shape index (κ2) is 8.28. The van der Waals surface area contributed by atoms with Crippen LogP contribution in [0.15, 0.2) is 76.5 Å². The van der Waals surface area contributed by atoms with Gasteiger partial charge in [0, 0.05) is 11.4 Å². The fourth-order valence-corrected chi connectivity index (χ4v) is 4.56. The lowest BCUT2D eigenvalue weighted by atomic mass is 10.3. The molecule has 30 heavy (non-hydrogen) atoms. The highest BCUT2D eigenvalue weighted by atomic mass is 32.2. The largest absolute Gasteiger partial charge is 0.497 e. The average Bonchev–Trinajstić information content (AvgIpc) is 2.70. The maximum atomic E-state index is 13.3. The molecule has 0 atom stereocenters. The summed E-state index contributed by atoms with van der Waals surface area (Å²) in [5, 5.41) is 0. The quantitative estimate of drug-likeness (QED) is 0.568. The summed E-state index contributed by atoms with van der Waals surface area (Å²) in [4.78, 5) is -0.576. The van der Waals surface area contributed by atoms with Gasteiger partial charge in [-0.1, -0.05) is 0 Å². The second-order valence-electron chi connectivity index (χ2n) is 6.04. The molecule has 7 nitrogen and oxygen atoms in total. The van der Waals surface area contributed by atoms with E-state index in [9.17, 15) is 25.6 Å². The summed E-state index contributed by atoms with van der Waals surface area (Å²) in [5.74, 6) is -1.91. The van der Waals surface area contributed by atoms with Crippen LogP contribution in [0.2, 0.25) is 0 Å². The van der Waals surface area contributed by atoms with E-state index in [1.807, 2.05) is 0 Å². The number of halogens is 2. The molecule has 0 aliphatic heterocycles. The van der Waals surface area contributed by atoms with Gasteiger partial charge in [-0.05, 0) is 66.7 Å². The van der Waals surface area contributed by atoms with Crippen LogP contribution in [0.3, 0.4) is 0 Å². The van der Waals surface area contributed by atoms with E-state index in [-0.39, 0.29) is 10.6 Å². The number of ether oxygens (including phenoxy) is 1. The van der Waals surface area contributed by atoms with Crippen LogP contribution in [0.4, 0.5) is 20.2 Å². The first-order valence-corrected chi connectivity index (χ1v) is 11.3. The van der Waals surface area contributed by atoms with Crippen LogP contribution < -0.4 is 14.2 Å². The lowest BCUT2D eigenvalue weighted by Gasteiger charge is -2.11. The molecule has 0 aliphatic carbocycles. The minimum absolute atomic E-state index is 0.0446. The number of nitrogens with one attached hydrogen (secondary N) is 2. The molecular weight excluding hydrogens is 438 g/mol. The summed E-state index contributed by atoms with van der Waals surface area (Å²) in [5.41, 5.74) is 0.363. The summed E-state index contributed by atoms with van der Waals surface area (Å²) < 4.78 is 85.5. The Morgan fingerprint density at radius 2 is 1.13 bits per heavy atom. The van der Waals surface area contributed by atoms with Crippen LogP contribution in [0, 0.1) is 11.6 Å². The predicted octanol–water partition coefficient (Wildman–Crippen LogP) is 3.58. The van der Waals surface area contributed by atoms with E-state index in [1.54, 1.807) is 12.1 Å². The third-order valence-electron chi connectivity index (χ3n) is 3.96. The standard InChI is InChI=1S/C19H16F2N2O5S2/c1-28-15-6-2-13(3-7-15)22-29(24,25)16-8-4-14(5-9-16)23-30(26,27)17-10-11-18(20)19(21)12-17/h2-12,22-23H,1H3. The Labute approximate surface area is 172 Å². The third-order valence-corrected chi connectivity index (χ3v) is 6.74. The molecule has 0 fully saturated rings. The Balaban J connectivity index is 1.77. The molecule has 2 N–H and O–H groups in total. The minimum atomic E-state index is -4.19. The molecule has 158 valence electrons. The van der Waals surface area contributed by atoms with Crippen molar-refractivity contribution in [3.8, 4) is 5.75 Å². The Morgan fingerprint density at radius 3 is 1.63 bits per heavy atom. The molecule has 0 aromatic heterocycles. The van der Waals surface area contributed by atoms with Crippen molar-refractivity contribution in [3.05, 3.63) is 78.4 Å². The van der Waals surface area contributed by atoms with E-state index in [4.69, 9.17) is 4.74 Å². The minimum Gasteiger partial charge on any atom is -0.497 e. The van der Waals surface area contributed by atoms with E-state index in [2.05, 4.69) is 9.44 Å². The summed E-state index contributed by atoms with van der Waals surface area (Å²) in [6.07, 6.45) is 0. The van der Waals surface area contributed by atoms with Crippen LogP contribution in [-0.4, -0.2) is 23.9 Å². The van der Waals surface area contributed by atoms with Crippen molar-refractivity contribution >= 4 is 31.4 Å².